The van der Waals surface area contributed by atoms with Crippen LogP contribution < -0.4 is 9.47 Å². The summed E-state index contributed by atoms with van der Waals surface area (Å²) < 4.78 is 27.0. The zero-order chi connectivity index (χ0) is 17.2. The third-order valence-electron chi connectivity index (χ3n) is 3.67. The summed E-state index contributed by atoms with van der Waals surface area (Å²) in [6, 6.07) is 15.0. The summed E-state index contributed by atoms with van der Waals surface area (Å²) in [7, 11) is -0.602. The number of benzene rings is 2. The first-order valence-corrected chi connectivity index (χ1v) is 9.43. The van der Waals surface area contributed by atoms with Crippen molar-refractivity contribution in [3.8, 4) is 11.5 Å². The molecule has 2 N–H and O–H groups in total. The number of aromatic nitrogens is 1. The highest BCUT2D eigenvalue weighted by Gasteiger charge is 2.06. The van der Waals surface area contributed by atoms with Crippen LogP contribution in [0.1, 0.15) is 5.56 Å². The van der Waals surface area contributed by atoms with E-state index < -0.39 is 9.62 Å². The summed E-state index contributed by atoms with van der Waals surface area (Å²) in [5, 5.41) is 0.922. The normalized spacial score (nSPS) is 11.4. The van der Waals surface area contributed by atoms with Crippen molar-refractivity contribution in [3.05, 3.63) is 60.3 Å². The summed E-state index contributed by atoms with van der Waals surface area (Å²) in [6.45, 7) is 0.383. The van der Waals surface area contributed by atoms with Crippen molar-refractivity contribution in [2.75, 3.05) is 13.4 Å². The highest BCUT2D eigenvalue weighted by atomic mass is 32.2. The van der Waals surface area contributed by atoms with Crippen molar-refractivity contribution in [1.29, 1.82) is 9.56 Å². The molecule has 0 saturated heterocycles. The number of nitrogens with one attached hydrogen (secondary N) is 2. The molecule has 0 aliphatic rings. The fourth-order valence-electron chi connectivity index (χ4n) is 2.40. The van der Waals surface area contributed by atoms with Crippen LogP contribution in [0.25, 0.3) is 10.9 Å². The Morgan fingerprint density at radius 1 is 1.08 bits per heavy atom. The average Bonchev–Trinajstić information content (AvgIpc) is 2.59. The monoisotopic (exact) mass is 341 g/mol. The summed E-state index contributed by atoms with van der Waals surface area (Å²) in [6.07, 6.45) is 3.35. The van der Waals surface area contributed by atoms with Crippen molar-refractivity contribution in [2.24, 2.45) is 0 Å². The Hall–Kier alpha value is -2.60. The minimum atomic E-state index is -2.23. The topological polar surface area (TPSA) is 79.0 Å². The summed E-state index contributed by atoms with van der Waals surface area (Å²) in [5.41, 5.74) is 1.76. The van der Waals surface area contributed by atoms with E-state index in [0.717, 1.165) is 32.9 Å². The lowest BCUT2D eigenvalue weighted by Crippen LogP contribution is -1.99. The minimum absolute atomic E-state index is 0.383. The number of nitrogens with zero attached hydrogens (tertiary/aromatic N) is 1. The van der Waals surface area contributed by atoms with Gasteiger partial charge in [-0.15, -0.1) is 0 Å². The van der Waals surface area contributed by atoms with E-state index in [9.17, 15) is 0 Å². The second-order valence-corrected chi connectivity index (χ2v) is 7.86. The number of methoxy groups -OCH3 is 1. The lowest BCUT2D eigenvalue weighted by atomic mass is 10.2. The van der Waals surface area contributed by atoms with Crippen LogP contribution in [0.15, 0.2) is 59.6 Å². The number of hydrogen-bond acceptors (Lipinski definition) is 5. The lowest BCUT2D eigenvalue weighted by Gasteiger charge is -2.11. The van der Waals surface area contributed by atoms with Gasteiger partial charge in [0.25, 0.3) is 0 Å². The second kappa shape index (κ2) is 6.49. The van der Waals surface area contributed by atoms with E-state index in [0.29, 0.717) is 6.61 Å². The van der Waals surface area contributed by atoms with Gasteiger partial charge in [0.2, 0.25) is 0 Å². The molecule has 0 amide bonds. The molecule has 5 nitrogen and oxygen atoms in total. The van der Waals surface area contributed by atoms with Crippen molar-refractivity contribution < 1.29 is 9.47 Å². The van der Waals surface area contributed by atoms with Gasteiger partial charge in [-0.25, -0.2) is 0 Å². The molecule has 0 aliphatic heterocycles. The molecule has 124 valence electrons. The molecule has 0 unspecified atom stereocenters. The Morgan fingerprint density at radius 2 is 1.92 bits per heavy atom. The van der Waals surface area contributed by atoms with Crippen LogP contribution in [0.2, 0.25) is 0 Å². The molecule has 2 aromatic carbocycles. The molecule has 1 heterocycles. The SMILES string of the molecule is COc1ccc2c(OCc3cccc(S(C)(=N)=N)c3)ccnc2c1. The van der Waals surface area contributed by atoms with Crippen molar-refractivity contribution in [2.45, 2.75) is 11.5 Å². The van der Waals surface area contributed by atoms with E-state index in [1.54, 1.807) is 19.6 Å². The fourth-order valence-corrected chi connectivity index (χ4v) is 3.14. The molecule has 0 aliphatic carbocycles. The number of fused-ring (bicyclic) bond motifs is 1. The summed E-state index contributed by atoms with van der Waals surface area (Å²) >= 11 is 0. The third-order valence-corrected chi connectivity index (χ3v) is 4.87. The molecule has 0 fully saturated rings. The van der Waals surface area contributed by atoms with Gasteiger partial charge < -0.3 is 9.47 Å². The molecule has 3 rings (SSSR count). The van der Waals surface area contributed by atoms with Gasteiger partial charge in [-0.3, -0.25) is 14.5 Å². The molecule has 0 radical (unpaired) electrons. The molecule has 0 bridgehead atoms. The Kier molecular flexibility index (Phi) is 4.40. The van der Waals surface area contributed by atoms with Crippen LogP contribution in [0.5, 0.6) is 11.5 Å². The van der Waals surface area contributed by atoms with Gasteiger partial charge in [-0.1, -0.05) is 12.1 Å². The smallest absolute Gasteiger partial charge is 0.130 e. The predicted octanol–water partition coefficient (Wildman–Crippen LogP) is 4.49. The number of ether oxygens (including phenoxy) is 2. The van der Waals surface area contributed by atoms with Gasteiger partial charge in [0.05, 0.1) is 12.6 Å². The first kappa shape index (κ1) is 16.3. The average molecular weight is 341 g/mol. The minimum Gasteiger partial charge on any atom is -0.497 e. The van der Waals surface area contributed by atoms with Crippen molar-refractivity contribution in [1.82, 2.24) is 4.98 Å². The fraction of sp³-hybridized carbons (Fsp3) is 0.167. The maximum atomic E-state index is 7.90. The summed E-state index contributed by atoms with van der Waals surface area (Å²) in [4.78, 5) is 5.08. The van der Waals surface area contributed by atoms with E-state index in [2.05, 4.69) is 4.98 Å². The first-order valence-electron chi connectivity index (χ1n) is 7.39. The maximum absolute atomic E-state index is 7.90. The van der Waals surface area contributed by atoms with Crippen LogP contribution in [0.4, 0.5) is 0 Å². The van der Waals surface area contributed by atoms with Crippen LogP contribution in [-0.4, -0.2) is 18.3 Å². The highest BCUT2D eigenvalue weighted by Crippen LogP contribution is 2.27. The number of rotatable bonds is 5. The van der Waals surface area contributed by atoms with E-state index in [1.807, 2.05) is 48.5 Å². The number of pyridine rings is 1. The molecular weight excluding hydrogens is 322 g/mol. The van der Waals surface area contributed by atoms with Crippen LogP contribution >= 0.6 is 0 Å². The van der Waals surface area contributed by atoms with E-state index in [1.165, 1.54) is 0 Å². The van der Waals surface area contributed by atoms with Crippen LogP contribution in [0, 0.1) is 9.56 Å². The highest BCUT2D eigenvalue weighted by molar-refractivity contribution is 7.92. The van der Waals surface area contributed by atoms with Crippen LogP contribution in [0.3, 0.4) is 0 Å². The summed E-state index contributed by atoms with van der Waals surface area (Å²) in [5.74, 6) is 1.51. The zero-order valence-corrected chi connectivity index (χ0v) is 14.4. The Morgan fingerprint density at radius 3 is 2.67 bits per heavy atom. The standard InChI is InChI=1S/C18H19N3O2S/c1-22-14-6-7-16-17(11-14)21-9-8-18(16)23-12-13-4-3-5-15(10-13)24(2,19)20/h3-11,19-20H,12H2,1-2H3. The maximum Gasteiger partial charge on any atom is 0.130 e. The van der Waals surface area contributed by atoms with Gasteiger partial charge in [0.1, 0.15) is 18.1 Å². The number of hydrogen-bond donors (Lipinski definition) is 2. The molecule has 6 heteroatoms. The van der Waals surface area contributed by atoms with Crippen molar-refractivity contribution in [3.63, 3.8) is 0 Å². The van der Waals surface area contributed by atoms with E-state index in [-0.39, 0.29) is 0 Å². The molecule has 1 aromatic heterocycles. The zero-order valence-electron chi connectivity index (χ0n) is 13.6. The van der Waals surface area contributed by atoms with Gasteiger partial charge in [0.15, 0.2) is 0 Å². The third kappa shape index (κ3) is 3.49. The largest absolute Gasteiger partial charge is 0.497 e. The van der Waals surface area contributed by atoms with Crippen molar-refractivity contribution >= 4 is 20.5 Å². The molecule has 0 atom stereocenters. The molecule has 24 heavy (non-hydrogen) atoms. The molecule has 3 aromatic rings. The first-order chi connectivity index (χ1) is 11.5. The van der Waals surface area contributed by atoms with Gasteiger partial charge in [-0.2, -0.15) is 0 Å². The lowest BCUT2D eigenvalue weighted by molar-refractivity contribution is 0.309. The van der Waals surface area contributed by atoms with E-state index >= 15 is 0 Å². The van der Waals surface area contributed by atoms with Crippen LogP contribution in [-0.2, 0) is 16.2 Å². The van der Waals surface area contributed by atoms with Gasteiger partial charge in [0, 0.05) is 28.8 Å². The predicted molar refractivity (Wildman–Crippen MR) is 96.1 cm³/mol. The van der Waals surface area contributed by atoms with Gasteiger partial charge in [-0.05, 0) is 45.5 Å². The Bertz CT molecular complexity index is 984. The molecule has 0 saturated carbocycles. The molecule has 0 spiro atoms. The quantitative estimate of drug-likeness (QED) is 0.717. The molecular formula is C18H19N3O2S. The van der Waals surface area contributed by atoms with E-state index in [4.69, 9.17) is 19.0 Å². The van der Waals surface area contributed by atoms with Gasteiger partial charge >= 0.3 is 0 Å². The Balaban J connectivity index is 1.86. The Labute approximate surface area is 141 Å². The second-order valence-electron chi connectivity index (χ2n) is 5.55.